The first-order valence-electron chi connectivity index (χ1n) is 6.58. The third-order valence-corrected chi connectivity index (χ3v) is 3.72. The molecule has 108 valence electrons. The number of hydrogen-bond donors (Lipinski definition) is 3. The Hall–Kier alpha value is -1.59. The number of benzene rings is 1. The Balaban J connectivity index is 0.00000147. The summed E-state index contributed by atoms with van der Waals surface area (Å²) in [6.07, 6.45) is 0.305. The van der Waals surface area contributed by atoms with Gasteiger partial charge >= 0.3 is 0 Å². The van der Waals surface area contributed by atoms with E-state index in [0.29, 0.717) is 19.5 Å². The van der Waals surface area contributed by atoms with Crippen molar-refractivity contribution in [3.8, 4) is 0 Å². The van der Waals surface area contributed by atoms with Crippen LogP contribution in [-0.2, 0) is 29.2 Å². The number of fused-ring (bicyclic) bond motifs is 1. The summed E-state index contributed by atoms with van der Waals surface area (Å²) in [5.74, 6) is -0.302. The van der Waals surface area contributed by atoms with Crippen LogP contribution in [0.1, 0.15) is 23.1 Å². The number of amides is 2. The zero-order valence-corrected chi connectivity index (χ0v) is 11.9. The topological polar surface area (TPSA) is 70.2 Å². The van der Waals surface area contributed by atoms with Gasteiger partial charge in [0.05, 0.1) is 5.92 Å². The van der Waals surface area contributed by atoms with Crippen molar-refractivity contribution in [3.63, 3.8) is 0 Å². The van der Waals surface area contributed by atoms with Gasteiger partial charge in [0, 0.05) is 32.6 Å². The quantitative estimate of drug-likeness (QED) is 0.759. The number of halogens is 1. The van der Waals surface area contributed by atoms with Gasteiger partial charge in [0.2, 0.25) is 11.8 Å². The van der Waals surface area contributed by atoms with Crippen molar-refractivity contribution in [2.24, 2.45) is 5.92 Å². The van der Waals surface area contributed by atoms with Crippen LogP contribution in [0.5, 0.6) is 0 Å². The van der Waals surface area contributed by atoms with Gasteiger partial charge in [-0.1, -0.05) is 18.2 Å². The van der Waals surface area contributed by atoms with Crippen LogP contribution in [0.2, 0.25) is 0 Å². The van der Waals surface area contributed by atoms with Crippen molar-refractivity contribution >= 4 is 24.2 Å². The molecule has 1 atom stereocenters. The largest absolute Gasteiger partial charge is 0.355 e. The van der Waals surface area contributed by atoms with E-state index in [9.17, 15) is 9.59 Å². The minimum atomic E-state index is -0.219. The van der Waals surface area contributed by atoms with Gasteiger partial charge in [0.15, 0.2) is 0 Å². The van der Waals surface area contributed by atoms with Crippen LogP contribution >= 0.6 is 12.4 Å². The van der Waals surface area contributed by atoms with E-state index in [2.05, 4.69) is 28.1 Å². The zero-order chi connectivity index (χ0) is 13.2. The molecule has 20 heavy (non-hydrogen) atoms. The van der Waals surface area contributed by atoms with E-state index in [0.717, 1.165) is 18.7 Å². The fourth-order valence-corrected chi connectivity index (χ4v) is 2.58. The highest BCUT2D eigenvalue weighted by atomic mass is 35.5. The van der Waals surface area contributed by atoms with Crippen LogP contribution in [0, 0.1) is 5.92 Å². The second-order valence-electron chi connectivity index (χ2n) is 5.13. The monoisotopic (exact) mass is 295 g/mol. The summed E-state index contributed by atoms with van der Waals surface area (Å²) >= 11 is 0. The summed E-state index contributed by atoms with van der Waals surface area (Å²) in [5.41, 5.74) is 3.75. The average molecular weight is 296 g/mol. The molecule has 0 aromatic heterocycles. The second-order valence-corrected chi connectivity index (χ2v) is 5.13. The molecule has 0 saturated carbocycles. The summed E-state index contributed by atoms with van der Waals surface area (Å²) in [4.78, 5) is 22.9. The lowest BCUT2D eigenvalue weighted by Gasteiger charge is -2.10. The van der Waals surface area contributed by atoms with Gasteiger partial charge in [0.1, 0.15) is 0 Å². The maximum Gasteiger partial charge on any atom is 0.225 e. The van der Waals surface area contributed by atoms with Crippen molar-refractivity contribution in [1.82, 2.24) is 16.0 Å². The highest BCUT2D eigenvalue weighted by molar-refractivity contribution is 5.89. The molecule has 2 heterocycles. The Labute approximate surface area is 123 Å². The van der Waals surface area contributed by atoms with E-state index in [1.54, 1.807) is 0 Å². The third-order valence-electron chi connectivity index (χ3n) is 3.72. The van der Waals surface area contributed by atoms with Crippen LogP contribution in [0.3, 0.4) is 0 Å². The highest BCUT2D eigenvalue weighted by Gasteiger charge is 2.27. The number of rotatable bonds is 3. The van der Waals surface area contributed by atoms with Crippen molar-refractivity contribution in [2.75, 3.05) is 6.54 Å². The molecular formula is C14H18ClN3O2. The van der Waals surface area contributed by atoms with Crippen LogP contribution in [-0.4, -0.2) is 18.4 Å². The molecule has 3 N–H and O–H groups in total. The standard InChI is InChI=1S/C14H17N3O2.ClH/c18-13-4-12(8-16-13)14(19)17-5-9-1-2-10-6-15-7-11(10)3-9;/h1-3,12,15H,4-8H2,(H,16,18)(H,17,19);1H. The number of carbonyl (C=O) groups is 2. The molecule has 2 amide bonds. The van der Waals surface area contributed by atoms with Crippen molar-refractivity contribution in [3.05, 3.63) is 34.9 Å². The van der Waals surface area contributed by atoms with Gasteiger partial charge in [-0.15, -0.1) is 12.4 Å². The minimum absolute atomic E-state index is 0. The zero-order valence-electron chi connectivity index (χ0n) is 11.1. The first kappa shape index (κ1) is 14.8. The molecule has 0 bridgehead atoms. The molecule has 1 saturated heterocycles. The number of nitrogens with one attached hydrogen (secondary N) is 3. The van der Waals surface area contributed by atoms with Crippen LogP contribution in [0.15, 0.2) is 18.2 Å². The van der Waals surface area contributed by atoms with E-state index in [-0.39, 0.29) is 30.1 Å². The summed E-state index contributed by atoms with van der Waals surface area (Å²) < 4.78 is 0. The highest BCUT2D eigenvalue weighted by Crippen LogP contribution is 2.17. The number of carbonyl (C=O) groups excluding carboxylic acids is 2. The first-order chi connectivity index (χ1) is 9.22. The Kier molecular flexibility index (Phi) is 4.62. The fraction of sp³-hybridized carbons (Fsp3) is 0.429. The maximum absolute atomic E-state index is 11.9. The molecular weight excluding hydrogens is 278 g/mol. The van der Waals surface area contributed by atoms with Crippen molar-refractivity contribution in [2.45, 2.75) is 26.1 Å². The van der Waals surface area contributed by atoms with Crippen molar-refractivity contribution < 1.29 is 9.59 Å². The van der Waals surface area contributed by atoms with Gasteiger partial charge in [-0.2, -0.15) is 0 Å². The molecule has 1 unspecified atom stereocenters. The molecule has 0 spiro atoms. The predicted octanol–water partition coefficient (Wildman–Crippen LogP) is 0.464. The molecule has 0 aliphatic carbocycles. The van der Waals surface area contributed by atoms with Gasteiger partial charge in [-0.05, 0) is 16.7 Å². The van der Waals surface area contributed by atoms with Crippen LogP contribution in [0.4, 0.5) is 0 Å². The maximum atomic E-state index is 11.9. The van der Waals surface area contributed by atoms with E-state index < -0.39 is 0 Å². The van der Waals surface area contributed by atoms with Gasteiger partial charge in [-0.3, -0.25) is 9.59 Å². The summed E-state index contributed by atoms with van der Waals surface area (Å²) in [7, 11) is 0. The smallest absolute Gasteiger partial charge is 0.225 e. The van der Waals surface area contributed by atoms with Gasteiger partial charge < -0.3 is 16.0 Å². The van der Waals surface area contributed by atoms with E-state index >= 15 is 0 Å². The molecule has 6 heteroatoms. The van der Waals surface area contributed by atoms with E-state index in [4.69, 9.17) is 0 Å². The summed E-state index contributed by atoms with van der Waals surface area (Å²) in [6, 6.07) is 6.29. The Morgan fingerprint density at radius 1 is 1.30 bits per heavy atom. The van der Waals surface area contributed by atoms with Crippen LogP contribution in [0.25, 0.3) is 0 Å². The minimum Gasteiger partial charge on any atom is -0.355 e. The van der Waals surface area contributed by atoms with E-state index in [1.165, 1.54) is 11.1 Å². The third kappa shape index (κ3) is 3.11. The lowest BCUT2D eigenvalue weighted by atomic mass is 10.1. The first-order valence-corrected chi connectivity index (χ1v) is 6.58. The van der Waals surface area contributed by atoms with Crippen molar-refractivity contribution in [1.29, 1.82) is 0 Å². The molecule has 0 radical (unpaired) electrons. The molecule has 5 nitrogen and oxygen atoms in total. The van der Waals surface area contributed by atoms with Gasteiger partial charge in [-0.25, -0.2) is 0 Å². The molecule has 1 fully saturated rings. The lowest BCUT2D eigenvalue weighted by Crippen LogP contribution is -2.31. The molecule has 1 aromatic carbocycles. The fourth-order valence-electron chi connectivity index (χ4n) is 2.58. The molecule has 1 aromatic rings. The Morgan fingerprint density at radius 3 is 2.85 bits per heavy atom. The van der Waals surface area contributed by atoms with E-state index in [1.807, 2.05) is 6.07 Å². The predicted molar refractivity (Wildman–Crippen MR) is 77.2 cm³/mol. The van der Waals surface area contributed by atoms with Crippen LogP contribution < -0.4 is 16.0 Å². The molecule has 3 rings (SSSR count). The summed E-state index contributed by atoms with van der Waals surface area (Å²) in [5, 5.41) is 8.87. The second kappa shape index (κ2) is 6.24. The Morgan fingerprint density at radius 2 is 2.10 bits per heavy atom. The lowest BCUT2D eigenvalue weighted by molar-refractivity contribution is -0.126. The Bertz CT molecular complexity index is 533. The van der Waals surface area contributed by atoms with Gasteiger partial charge in [0.25, 0.3) is 0 Å². The summed E-state index contributed by atoms with van der Waals surface area (Å²) in [6.45, 7) is 2.81. The molecule has 2 aliphatic rings. The molecule has 2 aliphatic heterocycles. The average Bonchev–Trinajstić information content (AvgIpc) is 3.03. The SMILES string of the molecule is Cl.O=C1CC(C(=O)NCc2ccc3c(c2)CNC3)CN1. The normalized spacial score (nSPS) is 20.0. The number of hydrogen-bond acceptors (Lipinski definition) is 3.